The van der Waals surface area contributed by atoms with Crippen molar-refractivity contribution in [2.75, 3.05) is 17.2 Å². The van der Waals surface area contributed by atoms with E-state index in [-0.39, 0.29) is 22.1 Å². The number of hydrogen-bond acceptors (Lipinski definition) is 4. The first-order chi connectivity index (χ1) is 15.1. The number of fused-ring (bicyclic) bond motifs is 1. The zero-order valence-corrected chi connectivity index (χ0v) is 17.6. The van der Waals surface area contributed by atoms with Crippen LogP contribution in [0.15, 0.2) is 40.8 Å². The molecule has 1 aliphatic rings. The second kappa shape index (κ2) is 8.48. The van der Waals surface area contributed by atoms with E-state index in [1.807, 2.05) is 0 Å². The van der Waals surface area contributed by atoms with Crippen LogP contribution in [-0.2, 0) is 15.7 Å². The van der Waals surface area contributed by atoms with Gasteiger partial charge in [0.2, 0.25) is 0 Å². The van der Waals surface area contributed by atoms with Crippen LogP contribution in [0.2, 0.25) is 5.02 Å². The minimum Gasteiger partial charge on any atom is -0.449 e. The zero-order chi connectivity index (χ0) is 23.0. The summed E-state index contributed by atoms with van der Waals surface area (Å²) in [5.74, 6) is -1.50. The molecule has 1 fully saturated rings. The largest absolute Gasteiger partial charge is 0.449 e. The van der Waals surface area contributed by atoms with Gasteiger partial charge in [0, 0.05) is 23.2 Å². The molecular formula is C22H18ClF3N2O4. The number of para-hydroxylation sites is 1. The summed E-state index contributed by atoms with van der Waals surface area (Å²) in [4.78, 5) is 24.9. The Morgan fingerprint density at radius 3 is 2.59 bits per heavy atom. The lowest BCUT2D eigenvalue weighted by molar-refractivity contribution is -0.137. The molecule has 10 heteroatoms. The highest BCUT2D eigenvalue weighted by molar-refractivity contribution is 6.35. The van der Waals surface area contributed by atoms with E-state index in [4.69, 9.17) is 20.8 Å². The number of hydrogen-bond donors (Lipinski definition) is 2. The topological polar surface area (TPSA) is 80.6 Å². The third-order valence-electron chi connectivity index (χ3n) is 5.18. The maximum Gasteiger partial charge on any atom is 0.418 e. The van der Waals surface area contributed by atoms with Crippen LogP contribution < -0.4 is 10.6 Å². The van der Waals surface area contributed by atoms with Crippen LogP contribution in [0.4, 0.5) is 24.5 Å². The summed E-state index contributed by atoms with van der Waals surface area (Å²) >= 11 is 6.08. The van der Waals surface area contributed by atoms with Crippen LogP contribution in [0.1, 0.15) is 34.5 Å². The summed E-state index contributed by atoms with van der Waals surface area (Å²) in [5.41, 5.74) is -0.900. The fourth-order valence-corrected chi connectivity index (χ4v) is 3.79. The first-order valence-electron chi connectivity index (χ1n) is 9.78. The number of aryl methyl sites for hydroxylation is 1. The van der Waals surface area contributed by atoms with E-state index >= 15 is 0 Å². The predicted octanol–water partition coefficient (Wildman–Crippen LogP) is 5.78. The van der Waals surface area contributed by atoms with E-state index in [0.717, 1.165) is 12.1 Å². The second-order valence-corrected chi connectivity index (χ2v) is 7.78. The van der Waals surface area contributed by atoms with Gasteiger partial charge < -0.3 is 19.8 Å². The van der Waals surface area contributed by atoms with Crippen molar-refractivity contribution in [3.8, 4) is 0 Å². The van der Waals surface area contributed by atoms with Crippen molar-refractivity contribution < 1.29 is 31.9 Å². The minimum atomic E-state index is -4.78. The smallest absolute Gasteiger partial charge is 0.418 e. The van der Waals surface area contributed by atoms with Gasteiger partial charge in [0.05, 0.1) is 16.3 Å². The third-order valence-corrected chi connectivity index (χ3v) is 5.48. The monoisotopic (exact) mass is 466 g/mol. The summed E-state index contributed by atoms with van der Waals surface area (Å²) in [6.07, 6.45) is -4.25. The molecule has 0 saturated carbocycles. The summed E-state index contributed by atoms with van der Waals surface area (Å²) in [7, 11) is 0. The highest BCUT2D eigenvalue weighted by atomic mass is 35.5. The number of halogens is 4. The highest BCUT2D eigenvalue weighted by Gasteiger charge is 2.35. The maximum atomic E-state index is 13.7. The Labute approximate surface area is 185 Å². The Bertz CT molecular complexity index is 1200. The highest BCUT2D eigenvalue weighted by Crippen LogP contribution is 2.38. The Balaban J connectivity index is 1.61. The van der Waals surface area contributed by atoms with Gasteiger partial charge in [0.1, 0.15) is 6.10 Å². The number of carbonyl (C=O) groups excluding carboxylic acids is 2. The molecule has 1 aliphatic heterocycles. The number of nitrogens with one attached hydrogen (secondary N) is 2. The Hall–Kier alpha value is -3.04. The lowest BCUT2D eigenvalue weighted by Crippen LogP contribution is -2.27. The van der Waals surface area contributed by atoms with E-state index in [2.05, 4.69) is 10.6 Å². The van der Waals surface area contributed by atoms with Crippen LogP contribution in [0.25, 0.3) is 11.0 Å². The Kier molecular flexibility index (Phi) is 5.87. The van der Waals surface area contributed by atoms with Crippen molar-refractivity contribution in [3.05, 3.63) is 58.3 Å². The molecule has 0 bridgehead atoms. The first-order valence-corrected chi connectivity index (χ1v) is 10.2. The van der Waals surface area contributed by atoms with Crippen LogP contribution in [0, 0.1) is 6.92 Å². The second-order valence-electron chi connectivity index (χ2n) is 7.38. The van der Waals surface area contributed by atoms with Gasteiger partial charge in [-0.15, -0.1) is 0 Å². The van der Waals surface area contributed by atoms with Gasteiger partial charge in [-0.2, -0.15) is 13.2 Å². The zero-order valence-electron chi connectivity index (χ0n) is 16.8. The fourth-order valence-electron chi connectivity index (χ4n) is 3.58. The summed E-state index contributed by atoms with van der Waals surface area (Å²) in [6.45, 7) is 2.05. The maximum absolute atomic E-state index is 13.7. The lowest BCUT2D eigenvalue weighted by atomic mass is 10.1. The predicted molar refractivity (Wildman–Crippen MR) is 113 cm³/mol. The average molecular weight is 467 g/mol. The molecular weight excluding hydrogens is 449 g/mol. The Morgan fingerprint density at radius 1 is 1.16 bits per heavy atom. The minimum absolute atomic E-state index is 0.0532. The molecule has 0 spiro atoms. The van der Waals surface area contributed by atoms with Crippen molar-refractivity contribution in [1.82, 2.24) is 0 Å². The van der Waals surface area contributed by atoms with Gasteiger partial charge in [-0.3, -0.25) is 9.59 Å². The number of alkyl halides is 3. The van der Waals surface area contributed by atoms with Crippen LogP contribution in [0.3, 0.4) is 0 Å². The molecule has 1 unspecified atom stereocenters. The van der Waals surface area contributed by atoms with Crippen molar-refractivity contribution in [1.29, 1.82) is 0 Å². The summed E-state index contributed by atoms with van der Waals surface area (Å²) in [5, 5.41) is 5.56. The molecule has 0 radical (unpaired) electrons. The van der Waals surface area contributed by atoms with Gasteiger partial charge >= 0.3 is 6.18 Å². The average Bonchev–Trinajstić information content (AvgIpc) is 3.38. The third kappa shape index (κ3) is 4.31. The van der Waals surface area contributed by atoms with Crippen molar-refractivity contribution in [3.63, 3.8) is 0 Å². The number of rotatable bonds is 4. The number of carbonyl (C=O) groups is 2. The van der Waals surface area contributed by atoms with Gasteiger partial charge in [-0.25, -0.2) is 0 Å². The molecule has 168 valence electrons. The van der Waals surface area contributed by atoms with Crippen molar-refractivity contribution in [2.45, 2.75) is 32.0 Å². The van der Waals surface area contributed by atoms with Gasteiger partial charge in [0.25, 0.3) is 11.8 Å². The molecule has 1 saturated heterocycles. The number of anilines is 2. The molecule has 2 amide bonds. The number of ether oxygens (including phenoxy) is 1. The number of benzene rings is 2. The van der Waals surface area contributed by atoms with E-state index in [1.165, 1.54) is 6.07 Å². The van der Waals surface area contributed by atoms with Gasteiger partial charge in [-0.1, -0.05) is 23.7 Å². The van der Waals surface area contributed by atoms with Crippen LogP contribution in [0.5, 0.6) is 0 Å². The number of furan rings is 1. The van der Waals surface area contributed by atoms with E-state index < -0.39 is 35.3 Å². The molecule has 2 aromatic carbocycles. The van der Waals surface area contributed by atoms with E-state index in [1.54, 1.807) is 25.1 Å². The first kappa shape index (κ1) is 22.2. The molecule has 6 nitrogen and oxygen atoms in total. The fraction of sp³-hybridized carbons (Fsp3) is 0.273. The summed E-state index contributed by atoms with van der Waals surface area (Å²) < 4.78 is 51.8. The molecule has 2 heterocycles. The molecule has 1 atom stereocenters. The number of amides is 2. The van der Waals surface area contributed by atoms with Gasteiger partial charge in [-0.05, 0) is 44.0 Å². The lowest BCUT2D eigenvalue weighted by Gasteiger charge is -2.16. The molecule has 32 heavy (non-hydrogen) atoms. The molecule has 0 aliphatic carbocycles. The standard InChI is InChI=1S/C22H18ClF3N2O4/c1-11-13-4-2-5-15(23)19(13)32-18(11)21(30)28-16-8-7-12(10-14(16)22(24,25)26)27-20(29)17-6-3-9-31-17/h2,4-5,7-8,10,17H,3,6,9H2,1H3,(H,27,29)(H,28,30). The van der Waals surface area contributed by atoms with E-state index in [9.17, 15) is 22.8 Å². The van der Waals surface area contributed by atoms with Crippen molar-refractivity contribution >= 4 is 45.8 Å². The van der Waals surface area contributed by atoms with Crippen LogP contribution in [-0.4, -0.2) is 24.5 Å². The SMILES string of the molecule is Cc1c(C(=O)Nc2ccc(NC(=O)C3CCCO3)cc2C(F)(F)F)oc2c(Cl)cccc12. The van der Waals surface area contributed by atoms with Gasteiger partial charge in [0.15, 0.2) is 11.3 Å². The molecule has 1 aromatic heterocycles. The van der Waals surface area contributed by atoms with Crippen LogP contribution >= 0.6 is 11.6 Å². The van der Waals surface area contributed by atoms with E-state index in [0.29, 0.717) is 30.4 Å². The molecule has 2 N–H and O–H groups in total. The normalized spacial score (nSPS) is 16.3. The quantitative estimate of drug-likeness (QED) is 0.510. The molecule has 3 aromatic rings. The van der Waals surface area contributed by atoms with Crippen molar-refractivity contribution in [2.24, 2.45) is 0 Å². The molecule has 4 rings (SSSR count). The summed E-state index contributed by atoms with van der Waals surface area (Å²) in [6, 6.07) is 8.09. The Morgan fingerprint density at radius 2 is 1.94 bits per heavy atom.